The van der Waals surface area contributed by atoms with Crippen molar-refractivity contribution in [2.75, 3.05) is 13.6 Å². The molecule has 0 saturated carbocycles. The Morgan fingerprint density at radius 3 is 1.91 bits per heavy atom. The molecular formula is C17H15F2NOS2. The van der Waals surface area contributed by atoms with Crippen molar-refractivity contribution >= 4 is 29.4 Å². The molecule has 2 unspecified atom stereocenters. The van der Waals surface area contributed by atoms with Crippen LogP contribution in [0.2, 0.25) is 0 Å². The van der Waals surface area contributed by atoms with E-state index in [4.69, 9.17) is 0 Å². The van der Waals surface area contributed by atoms with E-state index >= 15 is 8.78 Å². The molecule has 1 aliphatic rings. The van der Waals surface area contributed by atoms with E-state index in [2.05, 4.69) is 0 Å². The smallest absolute Gasteiger partial charge is 0.283 e. The van der Waals surface area contributed by atoms with Gasteiger partial charge in [0.15, 0.2) is 0 Å². The van der Waals surface area contributed by atoms with Crippen molar-refractivity contribution in [3.63, 3.8) is 0 Å². The average molecular weight is 351 g/mol. The number of carbonyl (C=O) groups excluding carboxylic acids is 1. The van der Waals surface area contributed by atoms with Gasteiger partial charge in [-0.05, 0) is 24.3 Å². The van der Waals surface area contributed by atoms with Crippen LogP contribution in [0.5, 0.6) is 0 Å². The van der Waals surface area contributed by atoms with E-state index in [0.29, 0.717) is 21.6 Å². The lowest BCUT2D eigenvalue weighted by Crippen LogP contribution is -2.43. The van der Waals surface area contributed by atoms with Crippen LogP contribution in [0.25, 0.3) is 0 Å². The lowest BCUT2D eigenvalue weighted by molar-refractivity contribution is -0.132. The Bertz CT molecular complexity index is 700. The van der Waals surface area contributed by atoms with E-state index in [0.717, 1.165) is 16.7 Å². The van der Waals surface area contributed by atoms with Crippen LogP contribution in [-0.4, -0.2) is 34.4 Å². The van der Waals surface area contributed by atoms with E-state index in [-0.39, 0.29) is 6.54 Å². The summed E-state index contributed by atoms with van der Waals surface area (Å²) >= 11 is 1.40. The van der Waals surface area contributed by atoms with Gasteiger partial charge < -0.3 is 4.90 Å². The number of nitrogens with zero attached hydrogens (tertiary/aromatic N) is 1. The summed E-state index contributed by atoms with van der Waals surface area (Å²) in [6.45, 7) is -0.290. The van der Waals surface area contributed by atoms with Gasteiger partial charge in [0.05, 0.1) is 6.54 Å². The Kier molecular flexibility index (Phi) is 4.38. The predicted octanol–water partition coefficient (Wildman–Crippen LogP) is 4.37. The maximum atomic E-state index is 15.6. The summed E-state index contributed by atoms with van der Waals surface area (Å²) in [5.41, 5.74) is 0. The number of rotatable bonds is 4. The fourth-order valence-electron chi connectivity index (χ4n) is 2.43. The van der Waals surface area contributed by atoms with Crippen molar-refractivity contribution in [3.05, 3.63) is 60.7 Å². The van der Waals surface area contributed by atoms with Crippen LogP contribution in [0.3, 0.4) is 0 Å². The molecule has 1 amide bonds. The molecule has 0 radical (unpaired) electrons. The molecule has 23 heavy (non-hydrogen) atoms. The zero-order valence-corrected chi connectivity index (χ0v) is 14.0. The standard InChI is InChI=1S/C17H15F2NOS2/c1-20-12-16(18,22-13-8-4-2-5-9-13)17(19,15(20)21)23-14-10-6-3-7-11-14/h2-11H,12H2,1H3. The minimum Gasteiger partial charge on any atom is -0.338 e. The van der Waals surface area contributed by atoms with Gasteiger partial charge >= 0.3 is 0 Å². The number of carbonyl (C=O) groups is 1. The van der Waals surface area contributed by atoms with Gasteiger partial charge in [0.1, 0.15) is 0 Å². The number of amides is 1. The Morgan fingerprint density at radius 2 is 1.39 bits per heavy atom. The molecule has 1 fully saturated rings. The van der Waals surface area contributed by atoms with E-state index in [9.17, 15) is 4.79 Å². The first kappa shape index (κ1) is 16.3. The largest absolute Gasteiger partial charge is 0.338 e. The topological polar surface area (TPSA) is 20.3 Å². The molecule has 0 bridgehead atoms. The maximum absolute atomic E-state index is 15.6. The van der Waals surface area contributed by atoms with Gasteiger partial charge in [-0.3, -0.25) is 4.79 Å². The van der Waals surface area contributed by atoms with E-state index in [1.54, 1.807) is 54.6 Å². The molecule has 1 aliphatic heterocycles. The predicted molar refractivity (Wildman–Crippen MR) is 89.9 cm³/mol. The first-order chi connectivity index (χ1) is 10.9. The molecule has 2 aromatic carbocycles. The summed E-state index contributed by atoms with van der Waals surface area (Å²) in [4.78, 5) is 14.5. The number of benzene rings is 2. The molecule has 0 spiro atoms. The second-order valence-corrected chi connectivity index (χ2v) is 7.88. The second-order valence-electron chi connectivity index (χ2n) is 5.32. The van der Waals surface area contributed by atoms with Gasteiger partial charge in [-0.25, -0.2) is 8.78 Å². The van der Waals surface area contributed by atoms with E-state index in [1.165, 1.54) is 7.05 Å². The van der Waals surface area contributed by atoms with E-state index < -0.39 is 15.9 Å². The molecule has 0 aromatic heterocycles. The lowest BCUT2D eigenvalue weighted by atomic mass is 10.3. The van der Waals surface area contributed by atoms with Crippen molar-refractivity contribution in [1.82, 2.24) is 4.90 Å². The van der Waals surface area contributed by atoms with Gasteiger partial charge in [0.25, 0.3) is 10.9 Å². The number of halogens is 2. The summed E-state index contributed by atoms with van der Waals surface area (Å²) < 4.78 is 31.1. The molecule has 120 valence electrons. The molecule has 0 aliphatic carbocycles. The van der Waals surface area contributed by atoms with Crippen molar-refractivity contribution < 1.29 is 13.6 Å². The Morgan fingerprint density at radius 1 is 0.913 bits per heavy atom. The molecule has 2 aromatic rings. The van der Waals surface area contributed by atoms with Gasteiger partial charge in [0.2, 0.25) is 5.00 Å². The SMILES string of the molecule is CN1CC(F)(Sc2ccccc2)C(F)(Sc2ccccc2)C1=O. The van der Waals surface area contributed by atoms with Crippen LogP contribution in [0.1, 0.15) is 0 Å². The third-order valence-electron chi connectivity index (χ3n) is 3.57. The van der Waals surface area contributed by atoms with Crippen LogP contribution < -0.4 is 0 Å². The molecule has 0 N–H and O–H groups in total. The molecule has 2 nitrogen and oxygen atoms in total. The molecule has 6 heteroatoms. The van der Waals surface area contributed by atoms with Crippen LogP contribution in [0.15, 0.2) is 70.5 Å². The quantitative estimate of drug-likeness (QED) is 0.816. The Balaban J connectivity index is 1.95. The number of hydrogen-bond acceptors (Lipinski definition) is 3. The zero-order valence-electron chi connectivity index (χ0n) is 12.4. The highest BCUT2D eigenvalue weighted by atomic mass is 32.2. The average Bonchev–Trinajstić information content (AvgIpc) is 2.70. The minimum absolute atomic E-state index is 0.290. The van der Waals surface area contributed by atoms with Crippen molar-refractivity contribution in [2.45, 2.75) is 19.8 Å². The second kappa shape index (κ2) is 6.17. The summed E-state index contributed by atoms with van der Waals surface area (Å²) in [6, 6.07) is 17.4. The Labute approximate surface area is 142 Å². The van der Waals surface area contributed by atoms with Gasteiger partial charge in [-0.15, -0.1) is 0 Å². The third-order valence-corrected chi connectivity index (χ3v) is 6.23. The minimum atomic E-state index is -2.66. The Hall–Kier alpha value is -1.53. The number of hydrogen-bond donors (Lipinski definition) is 0. The third kappa shape index (κ3) is 2.97. The van der Waals surface area contributed by atoms with Gasteiger partial charge in [-0.2, -0.15) is 0 Å². The van der Waals surface area contributed by atoms with Gasteiger partial charge in [-0.1, -0.05) is 59.9 Å². The van der Waals surface area contributed by atoms with Crippen molar-refractivity contribution in [1.29, 1.82) is 0 Å². The summed E-state index contributed by atoms with van der Waals surface area (Å²) in [7, 11) is 1.43. The van der Waals surface area contributed by atoms with Crippen LogP contribution in [0.4, 0.5) is 8.78 Å². The fraction of sp³-hybridized carbons (Fsp3) is 0.235. The lowest BCUT2D eigenvalue weighted by Gasteiger charge is -2.29. The first-order valence-corrected chi connectivity index (χ1v) is 8.69. The zero-order chi connectivity index (χ0) is 16.5. The highest BCUT2D eigenvalue weighted by Crippen LogP contribution is 2.56. The molecule has 1 saturated heterocycles. The van der Waals surface area contributed by atoms with Crippen LogP contribution >= 0.6 is 23.5 Å². The van der Waals surface area contributed by atoms with Gasteiger partial charge in [0, 0.05) is 16.8 Å². The van der Waals surface area contributed by atoms with E-state index in [1.807, 2.05) is 6.07 Å². The molecule has 3 rings (SSSR count). The van der Waals surface area contributed by atoms with Crippen molar-refractivity contribution in [2.24, 2.45) is 0 Å². The number of alkyl halides is 2. The highest BCUT2D eigenvalue weighted by Gasteiger charge is 2.67. The van der Waals surface area contributed by atoms with Crippen LogP contribution in [0, 0.1) is 0 Å². The van der Waals surface area contributed by atoms with Crippen LogP contribution in [-0.2, 0) is 4.79 Å². The number of thioether (sulfide) groups is 2. The van der Waals surface area contributed by atoms with Crippen molar-refractivity contribution in [3.8, 4) is 0 Å². The normalized spacial score (nSPS) is 27.4. The molecule has 1 heterocycles. The summed E-state index contributed by atoms with van der Waals surface area (Å²) in [5, 5.41) is -5.02. The highest BCUT2D eigenvalue weighted by molar-refractivity contribution is 8.05. The summed E-state index contributed by atoms with van der Waals surface area (Å²) in [6.07, 6.45) is 0. The molecular weight excluding hydrogens is 336 g/mol. The maximum Gasteiger partial charge on any atom is 0.283 e. The summed E-state index contributed by atoms with van der Waals surface area (Å²) in [5.74, 6) is -0.836. The molecule has 2 atom stereocenters. The fourth-order valence-corrected chi connectivity index (χ4v) is 4.90. The number of likely N-dealkylation sites (tertiary alicyclic amines) is 1. The monoisotopic (exact) mass is 351 g/mol. The first-order valence-electron chi connectivity index (χ1n) is 7.06.